The first-order valence-electron chi connectivity index (χ1n) is 14.5. The monoisotopic (exact) mass is 608 g/mol. The van der Waals surface area contributed by atoms with E-state index in [4.69, 9.17) is 21.3 Å². The second kappa shape index (κ2) is 12.1. The van der Waals surface area contributed by atoms with Gasteiger partial charge in [-0.05, 0) is 69.4 Å². The molecule has 7 rings (SSSR count). The van der Waals surface area contributed by atoms with Gasteiger partial charge in [-0.3, -0.25) is 14.6 Å². The van der Waals surface area contributed by atoms with E-state index in [9.17, 15) is 9.59 Å². The highest BCUT2D eigenvalue weighted by Gasteiger charge is 2.37. The van der Waals surface area contributed by atoms with Gasteiger partial charge in [-0.15, -0.1) is 5.10 Å². The van der Waals surface area contributed by atoms with Crippen molar-refractivity contribution in [2.24, 2.45) is 4.99 Å². The summed E-state index contributed by atoms with van der Waals surface area (Å²) >= 11 is 6.29. The number of pyridine rings is 1. The average Bonchev–Trinajstić information content (AvgIpc) is 3.76. The summed E-state index contributed by atoms with van der Waals surface area (Å²) in [6.45, 7) is 3.71. The van der Waals surface area contributed by atoms with Gasteiger partial charge >= 0.3 is 0 Å². The number of aromatic nitrogens is 5. The highest BCUT2D eigenvalue weighted by molar-refractivity contribution is 6.30. The van der Waals surface area contributed by atoms with E-state index in [-0.39, 0.29) is 18.1 Å². The quantitative estimate of drug-likeness (QED) is 0.293. The number of carbonyl (C=O) groups excluding carboxylic acids is 2. The van der Waals surface area contributed by atoms with Gasteiger partial charge in [-0.25, -0.2) is 4.98 Å². The summed E-state index contributed by atoms with van der Waals surface area (Å²) in [5.41, 5.74) is 6.25. The summed E-state index contributed by atoms with van der Waals surface area (Å²) < 4.78 is 7.07. The number of nitrogens with zero attached hydrogens (tertiary/aromatic N) is 8. The van der Waals surface area contributed by atoms with Crippen molar-refractivity contribution in [2.75, 3.05) is 37.7 Å². The SMILES string of the molecule is O=C(Cc1ccc2c(c1)CN=C2)C1c2ccnc(N3CCOCC3)c2CCN1C(=O)/C=C/c1cc(Cl)ccc1-n1cnnn1. The van der Waals surface area contributed by atoms with Crippen LogP contribution in [0.5, 0.6) is 0 Å². The van der Waals surface area contributed by atoms with Crippen LogP contribution in [0.2, 0.25) is 5.02 Å². The third-order valence-electron chi connectivity index (χ3n) is 8.25. The molecule has 0 N–H and O–H groups in total. The molecule has 44 heavy (non-hydrogen) atoms. The molecule has 2 aromatic heterocycles. The lowest BCUT2D eigenvalue weighted by atomic mass is 9.88. The first-order valence-corrected chi connectivity index (χ1v) is 14.9. The van der Waals surface area contributed by atoms with Crippen LogP contribution in [0.3, 0.4) is 0 Å². The number of rotatable bonds is 7. The van der Waals surface area contributed by atoms with Crippen LogP contribution in [0.25, 0.3) is 11.8 Å². The Balaban J connectivity index is 1.22. The van der Waals surface area contributed by atoms with Gasteiger partial charge in [0.25, 0.3) is 0 Å². The van der Waals surface area contributed by atoms with Crippen molar-refractivity contribution in [3.05, 3.63) is 99.5 Å². The predicted octanol–water partition coefficient (Wildman–Crippen LogP) is 3.43. The number of aliphatic imine (C=N–C) groups is 1. The zero-order valence-corrected chi connectivity index (χ0v) is 24.6. The molecule has 4 aromatic rings. The van der Waals surface area contributed by atoms with Crippen LogP contribution in [-0.2, 0) is 33.7 Å². The molecule has 0 radical (unpaired) electrons. The number of benzene rings is 2. The number of hydrogen-bond donors (Lipinski definition) is 0. The third kappa shape index (κ3) is 5.51. The number of carbonyl (C=O) groups is 2. The van der Waals surface area contributed by atoms with Gasteiger partial charge in [0, 0.05) is 60.7 Å². The fourth-order valence-corrected chi connectivity index (χ4v) is 6.32. The highest BCUT2D eigenvalue weighted by atomic mass is 35.5. The van der Waals surface area contributed by atoms with Crippen molar-refractivity contribution < 1.29 is 14.3 Å². The van der Waals surface area contributed by atoms with Crippen LogP contribution < -0.4 is 4.90 Å². The topological polar surface area (TPSA) is 119 Å². The average molecular weight is 609 g/mol. The van der Waals surface area contributed by atoms with E-state index in [1.165, 1.54) is 17.1 Å². The molecule has 0 aliphatic carbocycles. The highest BCUT2D eigenvalue weighted by Crippen LogP contribution is 2.36. The first-order chi connectivity index (χ1) is 21.5. The summed E-state index contributed by atoms with van der Waals surface area (Å²) in [5, 5.41) is 11.9. The molecule has 0 spiro atoms. The lowest BCUT2D eigenvalue weighted by molar-refractivity contribution is -0.136. The summed E-state index contributed by atoms with van der Waals surface area (Å²) in [7, 11) is 0. The number of anilines is 1. The van der Waals surface area contributed by atoms with Crippen molar-refractivity contribution in [3.8, 4) is 5.69 Å². The van der Waals surface area contributed by atoms with Crippen molar-refractivity contribution in [1.82, 2.24) is 30.1 Å². The van der Waals surface area contributed by atoms with E-state index < -0.39 is 6.04 Å². The second-order valence-electron chi connectivity index (χ2n) is 10.9. The Hall–Kier alpha value is -4.74. The number of halogens is 1. The van der Waals surface area contributed by atoms with Crippen molar-refractivity contribution in [1.29, 1.82) is 0 Å². The maximum atomic E-state index is 14.2. The lowest BCUT2D eigenvalue weighted by Gasteiger charge is -2.38. The number of ketones is 1. The third-order valence-corrected chi connectivity index (χ3v) is 8.48. The number of tetrazole rings is 1. The van der Waals surface area contributed by atoms with Gasteiger partial charge in [0.2, 0.25) is 5.91 Å². The zero-order chi connectivity index (χ0) is 30.0. The van der Waals surface area contributed by atoms with Crippen LogP contribution in [0, 0.1) is 0 Å². The summed E-state index contributed by atoms with van der Waals surface area (Å²) in [6, 6.07) is 12.4. The summed E-state index contributed by atoms with van der Waals surface area (Å²) in [5.74, 6) is 0.539. The molecular formula is C32H29ClN8O3. The molecule has 12 heteroatoms. The molecule has 0 saturated carbocycles. The van der Waals surface area contributed by atoms with E-state index in [2.05, 4.69) is 25.4 Å². The van der Waals surface area contributed by atoms with Crippen LogP contribution in [-0.4, -0.2) is 80.8 Å². The maximum absolute atomic E-state index is 14.2. The van der Waals surface area contributed by atoms with Crippen LogP contribution in [0.15, 0.2) is 66.1 Å². The molecule has 11 nitrogen and oxygen atoms in total. The van der Waals surface area contributed by atoms with Gasteiger partial charge < -0.3 is 14.5 Å². The van der Waals surface area contributed by atoms with Gasteiger partial charge in [0.1, 0.15) is 18.2 Å². The molecule has 1 fully saturated rings. The van der Waals surface area contributed by atoms with Crippen LogP contribution >= 0.6 is 11.6 Å². The molecule has 1 saturated heterocycles. The molecule has 0 bridgehead atoms. The Kier molecular flexibility index (Phi) is 7.71. The van der Waals surface area contributed by atoms with Crippen molar-refractivity contribution in [3.63, 3.8) is 0 Å². The number of hydrogen-bond acceptors (Lipinski definition) is 9. The lowest BCUT2D eigenvalue weighted by Crippen LogP contribution is -2.45. The molecule has 1 amide bonds. The van der Waals surface area contributed by atoms with Crippen molar-refractivity contribution >= 4 is 41.4 Å². The Morgan fingerprint density at radius 2 is 1.95 bits per heavy atom. The second-order valence-corrected chi connectivity index (χ2v) is 11.4. The Morgan fingerprint density at radius 1 is 1.07 bits per heavy atom. The Morgan fingerprint density at radius 3 is 2.80 bits per heavy atom. The van der Waals surface area contributed by atoms with E-state index in [1.54, 1.807) is 35.4 Å². The van der Waals surface area contributed by atoms with Crippen LogP contribution in [0.4, 0.5) is 5.82 Å². The Labute approximate surface area is 258 Å². The van der Waals surface area contributed by atoms with Gasteiger partial charge in [-0.1, -0.05) is 29.8 Å². The number of Topliss-reactive ketones (excluding diaryl/α,β-unsaturated/α-hetero) is 1. The zero-order valence-electron chi connectivity index (χ0n) is 23.8. The fraction of sp³-hybridized carbons (Fsp3) is 0.281. The predicted molar refractivity (Wildman–Crippen MR) is 165 cm³/mol. The minimum Gasteiger partial charge on any atom is -0.378 e. The first kappa shape index (κ1) is 28.1. The molecular weight excluding hydrogens is 580 g/mol. The number of amides is 1. The van der Waals surface area contributed by atoms with Gasteiger partial charge in [0.15, 0.2) is 5.78 Å². The molecule has 1 unspecified atom stereocenters. The number of ether oxygens (including phenoxy) is 1. The maximum Gasteiger partial charge on any atom is 0.247 e. The summed E-state index contributed by atoms with van der Waals surface area (Å²) in [6.07, 6.45) is 9.03. The molecule has 222 valence electrons. The van der Waals surface area contributed by atoms with E-state index in [0.717, 1.165) is 46.7 Å². The molecule has 2 aromatic carbocycles. The molecule has 3 aliphatic rings. The van der Waals surface area contributed by atoms with Crippen molar-refractivity contribution in [2.45, 2.75) is 25.4 Å². The number of fused-ring (bicyclic) bond motifs is 2. The van der Waals surface area contributed by atoms with Gasteiger partial charge in [-0.2, -0.15) is 4.68 Å². The molecule has 3 aliphatic heterocycles. The van der Waals surface area contributed by atoms with E-state index in [1.807, 2.05) is 30.5 Å². The minimum atomic E-state index is -0.762. The van der Waals surface area contributed by atoms with Gasteiger partial charge in [0.05, 0.1) is 25.4 Å². The summed E-state index contributed by atoms with van der Waals surface area (Å²) in [4.78, 5) is 41.1. The fourth-order valence-electron chi connectivity index (χ4n) is 6.14. The molecule has 5 heterocycles. The smallest absolute Gasteiger partial charge is 0.247 e. The standard InChI is InChI=1S/C32H29ClN8O3/c33-25-4-5-28(41-20-36-37-38-41)22(17-25)3-6-30(43)40-10-8-27-26(7-9-35-32(27)39-11-13-44-14-12-39)31(40)29(42)16-21-1-2-23-18-34-19-24(23)15-21/h1-7,9,15,17-18,20,31H,8,10-14,16,19H2/b6-3+. The minimum absolute atomic E-state index is 0.0529. The van der Waals surface area contributed by atoms with E-state index >= 15 is 0 Å². The largest absolute Gasteiger partial charge is 0.378 e. The molecule has 1 atom stereocenters. The Bertz CT molecular complexity index is 1780. The number of morpholine rings is 1. The normalized spacial score (nSPS) is 17.6. The van der Waals surface area contributed by atoms with E-state index in [0.29, 0.717) is 49.0 Å². The van der Waals surface area contributed by atoms with Crippen LogP contribution in [0.1, 0.15) is 39.4 Å².